The Morgan fingerprint density at radius 3 is 2.35 bits per heavy atom. The first kappa shape index (κ1) is 22.9. The average molecular weight is 431 g/mol. The number of amides is 1. The van der Waals surface area contributed by atoms with Crippen molar-refractivity contribution in [3.05, 3.63) is 59.7 Å². The standard InChI is InChI=1S/C23H29NO7/c1-29-21-6-3-2-5-17(21)15-30-11-4-12-31-18-9-7-16(8-10-18)22-19(25)13-24(23(27)28)14-20(22)26/h2-3,5-10,19-20,22,25-26H,4,11-15H2,1H3,(H,27,28). The molecule has 0 aliphatic carbocycles. The fourth-order valence-corrected chi connectivity index (χ4v) is 3.75. The van der Waals surface area contributed by atoms with Crippen molar-refractivity contribution in [1.82, 2.24) is 4.90 Å². The molecule has 2 aromatic carbocycles. The number of hydrogen-bond donors (Lipinski definition) is 3. The molecular weight excluding hydrogens is 402 g/mol. The van der Waals surface area contributed by atoms with Crippen LogP contribution < -0.4 is 9.47 Å². The zero-order valence-electron chi connectivity index (χ0n) is 17.5. The first-order valence-corrected chi connectivity index (χ1v) is 10.3. The van der Waals surface area contributed by atoms with Crippen LogP contribution in [0.5, 0.6) is 11.5 Å². The number of β-amino-alcohol motifs (C(OH)–C–C–N with tert-alkyl or cyclic N) is 2. The molecule has 0 radical (unpaired) electrons. The molecule has 2 aromatic rings. The Bertz CT molecular complexity index is 830. The van der Waals surface area contributed by atoms with Gasteiger partial charge in [0.2, 0.25) is 0 Å². The van der Waals surface area contributed by atoms with E-state index in [1.54, 1.807) is 31.4 Å². The van der Waals surface area contributed by atoms with Gasteiger partial charge < -0.3 is 34.4 Å². The van der Waals surface area contributed by atoms with Gasteiger partial charge in [0.25, 0.3) is 0 Å². The Hall–Kier alpha value is -2.81. The lowest BCUT2D eigenvalue weighted by Gasteiger charge is -2.38. The first-order chi connectivity index (χ1) is 15.0. The molecule has 1 fully saturated rings. The van der Waals surface area contributed by atoms with Crippen molar-refractivity contribution in [3.63, 3.8) is 0 Å². The lowest BCUT2D eigenvalue weighted by Crippen LogP contribution is -2.52. The number of hydrogen-bond acceptors (Lipinski definition) is 6. The minimum atomic E-state index is -1.15. The summed E-state index contributed by atoms with van der Waals surface area (Å²) in [5, 5.41) is 29.7. The molecule has 2 atom stereocenters. The molecule has 31 heavy (non-hydrogen) atoms. The predicted octanol–water partition coefficient (Wildman–Crippen LogP) is 2.48. The van der Waals surface area contributed by atoms with Crippen LogP contribution in [0.3, 0.4) is 0 Å². The first-order valence-electron chi connectivity index (χ1n) is 10.3. The normalized spacial score (nSPS) is 21.0. The van der Waals surface area contributed by atoms with Crippen molar-refractivity contribution in [2.75, 3.05) is 33.4 Å². The van der Waals surface area contributed by atoms with Gasteiger partial charge in [0.1, 0.15) is 11.5 Å². The molecule has 8 nitrogen and oxygen atoms in total. The number of aliphatic hydroxyl groups is 2. The smallest absolute Gasteiger partial charge is 0.407 e. The van der Waals surface area contributed by atoms with Gasteiger partial charge in [0.15, 0.2) is 0 Å². The average Bonchev–Trinajstić information content (AvgIpc) is 2.76. The second kappa shape index (κ2) is 11.0. The number of likely N-dealkylation sites (tertiary alicyclic amines) is 1. The zero-order chi connectivity index (χ0) is 22.2. The molecule has 1 aliphatic heterocycles. The quantitative estimate of drug-likeness (QED) is 0.524. The van der Waals surface area contributed by atoms with Crippen molar-refractivity contribution in [3.8, 4) is 11.5 Å². The SMILES string of the molecule is COc1ccccc1COCCCOc1ccc(C2C(O)CN(C(=O)O)CC2O)cc1. The highest BCUT2D eigenvalue weighted by Crippen LogP contribution is 2.30. The second-order valence-corrected chi connectivity index (χ2v) is 7.48. The lowest BCUT2D eigenvalue weighted by molar-refractivity contribution is -0.0229. The largest absolute Gasteiger partial charge is 0.496 e. The van der Waals surface area contributed by atoms with Gasteiger partial charge in [-0.3, -0.25) is 0 Å². The Labute approximate surface area is 181 Å². The summed E-state index contributed by atoms with van der Waals surface area (Å²) in [6, 6.07) is 14.9. The predicted molar refractivity (Wildman–Crippen MR) is 114 cm³/mol. The lowest BCUT2D eigenvalue weighted by atomic mass is 9.85. The highest BCUT2D eigenvalue weighted by molar-refractivity contribution is 5.65. The number of benzene rings is 2. The molecule has 0 bridgehead atoms. The highest BCUT2D eigenvalue weighted by atomic mass is 16.5. The van der Waals surface area contributed by atoms with Gasteiger partial charge in [-0.2, -0.15) is 0 Å². The van der Waals surface area contributed by atoms with Gasteiger partial charge in [-0.15, -0.1) is 0 Å². The summed E-state index contributed by atoms with van der Waals surface area (Å²) in [6.07, 6.45) is -2.35. The molecule has 0 aromatic heterocycles. The summed E-state index contributed by atoms with van der Waals surface area (Å²) in [6.45, 7) is 1.47. The Balaban J connectivity index is 1.41. The number of carboxylic acid groups (broad SMARTS) is 1. The maximum atomic E-state index is 11.1. The fourth-order valence-electron chi connectivity index (χ4n) is 3.75. The minimum absolute atomic E-state index is 0.0236. The van der Waals surface area contributed by atoms with Crippen LogP contribution >= 0.6 is 0 Å². The summed E-state index contributed by atoms with van der Waals surface area (Å²) in [5.74, 6) is 0.955. The molecule has 1 aliphatic rings. The molecule has 0 saturated carbocycles. The summed E-state index contributed by atoms with van der Waals surface area (Å²) in [5.41, 5.74) is 1.75. The Kier molecular flexibility index (Phi) is 8.11. The molecule has 3 rings (SSSR count). The van der Waals surface area contributed by atoms with Crippen LogP contribution in [-0.2, 0) is 11.3 Å². The zero-order valence-corrected chi connectivity index (χ0v) is 17.5. The van der Waals surface area contributed by atoms with E-state index >= 15 is 0 Å². The van der Waals surface area contributed by atoms with Crippen LogP contribution in [0.2, 0.25) is 0 Å². The summed E-state index contributed by atoms with van der Waals surface area (Å²) in [7, 11) is 1.64. The third-order valence-electron chi connectivity index (χ3n) is 5.33. The topological polar surface area (TPSA) is 109 Å². The number of piperidine rings is 1. The van der Waals surface area contributed by atoms with Crippen LogP contribution in [-0.4, -0.2) is 71.9 Å². The van der Waals surface area contributed by atoms with Gasteiger partial charge in [-0.25, -0.2) is 4.79 Å². The van der Waals surface area contributed by atoms with Gasteiger partial charge in [-0.1, -0.05) is 30.3 Å². The molecule has 0 spiro atoms. The number of nitrogens with zero attached hydrogens (tertiary/aromatic N) is 1. The molecule has 1 amide bonds. The molecular formula is C23H29NO7. The molecule has 1 saturated heterocycles. The van der Waals surface area contributed by atoms with Gasteiger partial charge in [0.05, 0.1) is 52.2 Å². The number of methoxy groups -OCH3 is 1. The third-order valence-corrected chi connectivity index (χ3v) is 5.33. The van der Waals surface area contributed by atoms with Gasteiger partial charge in [0, 0.05) is 17.9 Å². The van der Waals surface area contributed by atoms with E-state index in [1.165, 1.54) is 0 Å². The van der Waals surface area contributed by atoms with Crippen molar-refractivity contribution >= 4 is 6.09 Å². The van der Waals surface area contributed by atoms with Crippen molar-refractivity contribution in [2.24, 2.45) is 0 Å². The third kappa shape index (κ3) is 6.10. The molecule has 2 unspecified atom stereocenters. The molecule has 3 N–H and O–H groups in total. The van der Waals surface area contributed by atoms with E-state index in [9.17, 15) is 15.0 Å². The summed E-state index contributed by atoms with van der Waals surface area (Å²) >= 11 is 0. The van der Waals surface area contributed by atoms with Crippen LogP contribution in [0.4, 0.5) is 4.79 Å². The van der Waals surface area contributed by atoms with Crippen LogP contribution in [0, 0.1) is 0 Å². The monoisotopic (exact) mass is 431 g/mol. The fraction of sp³-hybridized carbons (Fsp3) is 0.435. The van der Waals surface area contributed by atoms with Crippen molar-refractivity contribution < 1.29 is 34.3 Å². The van der Waals surface area contributed by atoms with E-state index in [0.29, 0.717) is 25.6 Å². The van der Waals surface area contributed by atoms with E-state index in [2.05, 4.69) is 0 Å². The maximum absolute atomic E-state index is 11.1. The van der Waals surface area contributed by atoms with E-state index in [1.807, 2.05) is 24.3 Å². The van der Waals surface area contributed by atoms with Crippen LogP contribution in [0.1, 0.15) is 23.5 Å². The van der Waals surface area contributed by atoms with Crippen molar-refractivity contribution in [2.45, 2.75) is 31.2 Å². The highest BCUT2D eigenvalue weighted by Gasteiger charge is 2.37. The van der Waals surface area contributed by atoms with E-state index < -0.39 is 24.2 Å². The molecule has 1 heterocycles. The number of rotatable bonds is 9. The second-order valence-electron chi connectivity index (χ2n) is 7.48. The number of aliphatic hydroxyl groups excluding tert-OH is 2. The number of para-hydroxylation sites is 1. The molecule has 168 valence electrons. The summed E-state index contributed by atoms with van der Waals surface area (Å²) in [4.78, 5) is 12.1. The van der Waals surface area contributed by atoms with E-state index in [-0.39, 0.29) is 13.1 Å². The van der Waals surface area contributed by atoms with E-state index in [4.69, 9.17) is 19.3 Å². The Morgan fingerprint density at radius 1 is 1.03 bits per heavy atom. The number of ether oxygens (including phenoxy) is 3. The maximum Gasteiger partial charge on any atom is 0.407 e. The summed E-state index contributed by atoms with van der Waals surface area (Å²) < 4.78 is 16.7. The minimum Gasteiger partial charge on any atom is -0.496 e. The Morgan fingerprint density at radius 2 is 1.71 bits per heavy atom. The number of carbonyl (C=O) groups is 1. The van der Waals surface area contributed by atoms with Crippen molar-refractivity contribution in [1.29, 1.82) is 0 Å². The van der Waals surface area contributed by atoms with Gasteiger partial charge >= 0.3 is 6.09 Å². The molecule has 8 heteroatoms. The van der Waals surface area contributed by atoms with E-state index in [0.717, 1.165) is 28.2 Å². The van der Waals surface area contributed by atoms with Crippen LogP contribution in [0.15, 0.2) is 48.5 Å². The van der Waals surface area contributed by atoms with Crippen LogP contribution in [0.25, 0.3) is 0 Å². The van der Waals surface area contributed by atoms with Gasteiger partial charge in [-0.05, 0) is 23.8 Å².